The first-order valence-corrected chi connectivity index (χ1v) is 7.39. The van der Waals surface area contributed by atoms with E-state index in [1.165, 1.54) is 36.2 Å². The van der Waals surface area contributed by atoms with Gasteiger partial charge >= 0.3 is 0 Å². The molecule has 0 fully saturated rings. The van der Waals surface area contributed by atoms with Crippen molar-refractivity contribution in [3.8, 4) is 0 Å². The first kappa shape index (κ1) is 13.2. The van der Waals surface area contributed by atoms with Gasteiger partial charge in [-0.3, -0.25) is 0 Å². The molecular formula is C18H21NO. The molecule has 1 atom stereocenters. The van der Waals surface area contributed by atoms with Crippen molar-refractivity contribution in [2.45, 2.75) is 32.3 Å². The lowest BCUT2D eigenvalue weighted by Crippen LogP contribution is -2.17. The summed E-state index contributed by atoms with van der Waals surface area (Å²) in [6.07, 6.45) is 3.23. The maximum Gasteiger partial charge on any atom is 0.0761 e. The van der Waals surface area contributed by atoms with Crippen LogP contribution in [-0.4, -0.2) is 11.7 Å². The second kappa shape index (κ2) is 5.68. The van der Waals surface area contributed by atoms with Crippen LogP contribution in [0, 0.1) is 0 Å². The molecular weight excluding hydrogens is 246 g/mol. The molecule has 1 heterocycles. The molecule has 0 aromatic heterocycles. The average molecular weight is 267 g/mol. The smallest absolute Gasteiger partial charge is 0.0761 e. The molecule has 3 rings (SSSR count). The van der Waals surface area contributed by atoms with Gasteiger partial charge in [0.1, 0.15) is 0 Å². The monoisotopic (exact) mass is 267 g/mol. The number of aliphatic hydroxyl groups is 1. The number of aryl methyl sites for hydroxylation is 1. The van der Waals surface area contributed by atoms with Crippen LogP contribution in [0.3, 0.4) is 0 Å². The maximum absolute atomic E-state index is 9.61. The fourth-order valence-electron chi connectivity index (χ4n) is 2.89. The van der Waals surface area contributed by atoms with Crippen LogP contribution in [0.2, 0.25) is 0 Å². The molecule has 0 radical (unpaired) electrons. The van der Waals surface area contributed by atoms with E-state index in [4.69, 9.17) is 0 Å². The standard InChI is InChI=1S/C18H21NO/c1-14(20)15-9-11-17(12-10-15)19-13-5-4-7-16-6-2-3-8-18(16)19/h2-3,6,8-12,14,20H,4-5,7,13H2,1H3. The third kappa shape index (κ3) is 2.56. The van der Waals surface area contributed by atoms with E-state index in [2.05, 4.69) is 41.3 Å². The molecule has 1 aliphatic rings. The molecule has 0 spiro atoms. The van der Waals surface area contributed by atoms with E-state index in [1.807, 2.05) is 12.1 Å². The van der Waals surface area contributed by atoms with E-state index in [0.29, 0.717) is 0 Å². The zero-order valence-electron chi connectivity index (χ0n) is 11.9. The van der Waals surface area contributed by atoms with Gasteiger partial charge in [-0.25, -0.2) is 0 Å². The van der Waals surface area contributed by atoms with Crippen molar-refractivity contribution >= 4 is 11.4 Å². The second-order valence-corrected chi connectivity index (χ2v) is 5.50. The summed E-state index contributed by atoms with van der Waals surface area (Å²) in [5, 5.41) is 9.61. The van der Waals surface area contributed by atoms with Crippen LogP contribution in [0.4, 0.5) is 11.4 Å². The lowest BCUT2D eigenvalue weighted by atomic mass is 10.1. The Labute approximate surface area is 120 Å². The van der Waals surface area contributed by atoms with Gasteiger partial charge in [-0.05, 0) is 55.5 Å². The summed E-state index contributed by atoms with van der Waals surface area (Å²) in [7, 11) is 0. The highest BCUT2D eigenvalue weighted by atomic mass is 16.3. The maximum atomic E-state index is 9.61. The summed E-state index contributed by atoms with van der Waals surface area (Å²) in [5.74, 6) is 0. The Morgan fingerprint density at radius 1 is 1.00 bits per heavy atom. The van der Waals surface area contributed by atoms with Gasteiger partial charge in [0.05, 0.1) is 6.10 Å². The van der Waals surface area contributed by atoms with Crippen molar-refractivity contribution in [3.05, 3.63) is 59.7 Å². The first-order chi connectivity index (χ1) is 9.75. The van der Waals surface area contributed by atoms with Gasteiger partial charge < -0.3 is 10.0 Å². The number of aliphatic hydroxyl groups excluding tert-OH is 1. The SMILES string of the molecule is CC(O)c1ccc(N2CCCCc3ccccc32)cc1. The third-order valence-corrected chi connectivity index (χ3v) is 4.05. The Morgan fingerprint density at radius 2 is 1.75 bits per heavy atom. The van der Waals surface area contributed by atoms with Crippen LogP contribution < -0.4 is 4.90 Å². The molecule has 104 valence electrons. The fourth-order valence-corrected chi connectivity index (χ4v) is 2.89. The molecule has 2 heteroatoms. The molecule has 2 nitrogen and oxygen atoms in total. The van der Waals surface area contributed by atoms with E-state index in [9.17, 15) is 5.11 Å². The Morgan fingerprint density at radius 3 is 2.50 bits per heavy atom. The van der Waals surface area contributed by atoms with Gasteiger partial charge in [0.15, 0.2) is 0 Å². The average Bonchev–Trinajstić information content (AvgIpc) is 2.69. The predicted molar refractivity (Wildman–Crippen MR) is 83.5 cm³/mol. The Hall–Kier alpha value is -1.80. The number of nitrogens with zero attached hydrogens (tertiary/aromatic N) is 1. The van der Waals surface area contributed by atoms with E-state index in [0.717, 1.165) is 12.1 Å². The highest BCUT2D eigenvalue weighted by Crippen LogP contribution is 2.32. The quantitative estimate of drug-likeness (QED) is 0.881. The summed E-state index contributed by atoms with van der Waals surface area (Å²) in [6, 6.07) is 17.0. The molecule has 0 bridgehead atoms. The van der Waals surface area contributed by atoms with Crippen LogP contribution >= 0.6 is 0 Å². The summed E-state index contributed by atoms with van der Waals surface area (Å²) >= 11 is 0. The number of hydrogen-bond donors (Lipinski definition) is 1. The van der Waals surface area contributed by atoms with Crippen LogP contribution in [0.5, 0.6) is 0 Å². The molecule has 0 saturated carbocycles. The predicted octanol–water partition coefficient (Wildman–Crippen LogP) is 4.21. The van der Waals surface area contributed by atoms with Gasteiger partial charge in [-0.15, -0.1) is 0 Å². The lowest BCUT2D eigenvalue weighted by Gasteiger charge is -2.25. The first-order valence-electron chi connectivity index (χ1n) is 7.39. The van der Waals surface area contributed by atoms with Gasteiger partial charge in [0.25, 0.3) is 0 Å². The Bertz CT molecular complexity index is 574. The van der Waals surface area contributed by atoms with Crippen molar-refractivity contribution in [3.63, 3.8) is 0 Å². The minimum absolute atomic E-state index is 0.402. The minimum atomic E-state index is -0.402. The summed E-state index contributed by atoms with van der Waals surface area (Å²) in [5.41, 5.74) is 4.94. The molecule has 2 aromatic carbocycles. The van der Waals surface area contributed by atoms with E-state index in [1.54, 1.807) is 6.92 Å². The lowest BCUT2D eigenvalue weighted by molar-refractivity contribution is 0.199. The zero-order valence-corrected chi connectivity index (χ0v) is 11.9. The van der Waals surface area contributed by atoms with Crippen LogP contribution in [0.1, 0.15) is 37.0 Å². The molecule has 0 saturated heterocycles. The molecule has 20 heavy (non-hydrogen) atoms. The summed E-state index contributed by atoms with van der Waals surface area (Å²) < 4.78 is 0. The third-order valence-electron chi connectivity index (χ3n) is 4.05. The molecule has 0 aliphatic carbocycles. The van der Waals surface area contributed by atoms with Crippen LogP contribution in [0.15, 0.2) is 48.5 Å². The number of benzene rings is 2. The minimum Gasteiger partial charge on any atom is -0.389 e. The Balaban J connectivity index is 1.97. The number of para-hydroxylation sites is 1. The highest BCUT2D eigenvalue weighted by Gasteiger charge is 2.16. The number of rotatable bonds is 2. The van der Waals surface area contributed by atoms with Crippen LogP contribution in [0.25, 0.3) is 0 Å². The van der Waals surface area contributed by atoms with E-state index >= 15 is 0 Å². The second-order valence-electron chi connectivity index (χ2n) is 5.50. The van der Waals surface area contributed by atoms with Gasteiger partial charge in [0, 0.05) is 17.9 Å². The molecule has 1 N–H and O–H groups in total. The van der Waals surface area contributed by atoms with Gasteiger partial charge in [-0.1, -0.05) is 30.3 Å². The summed E-state index contributed by atoms with van der Waals surface area (Å²) in [4.78, 5) is 2.40. The zero-order chi connectivity index (χ0) is 13.9. The van der Waals surface area contributed by atoms with Crippen molar-refractivity contribution in [2.24, 2.45) is 0 Å². The molecule has 1 aliphatic heterocycles. The van der Waals surface area contributed by atoms with E-state index < -0.39 is 6.10 Å². The van der Waals surface area contributed by atoms with Gasteiger partial charge in [-0.2, -0.15) is 0 Å². The van der Waals surface area contributed by atoms with Crippen molar-refractivity contribution < 1.29 is 5.11 Å². The topological polar surface area (TPSA) is 23.5 Å². The molecule has 1 unspecified atom stereocenters. The molecule has 2 aromatic rings. The normalized spacial score (nSPS) is 16.4. The largest absolute Gasteiger partial charge is 0.389 e. The summed E-state index contributed by atoms with van der Waals surface area (Å²) in [6.45, 7) is 2.86. The number of hydrogen-bond acceptors (Lipinski definition) is 2. The fraction of sp³-hybridized carbons (Fsp3) is 0.333. The van der Waals surface area contributed by atoms with E-state index in [-0.39, 0.29) is 0 Å². The van der Waals surface area contributed by atoms with Crippen molar-refractivity contribution in [2.75, 3.05) is 11.4 Å². The highest BCUT2D eigenvalue weighted by molar-refractivity contribution is 5.67. The number of fused-ring (bicyclic) bond motifs is 1. The van der Waals surface area contributed by atoms with Crippen molar-refractivity contribution in [1.82, 2.24) is 0 Å². The van der Waals surface area contributed by atoms with Crippen molar-refractivity contribution in [1.29, 1.82) is 0 Å². The van der Waals surface area contributed by atoms with Gasteiger partial charge in [0.2, 0.25) is 0 Å². The molecule has 0 amide bonds. The van der Waals surface area contributed by atoms with Crippen LogP contribution in [-0.2, 0) is 6.42 Å². The number of anilines is 2. The Kier molecular flexibility index (Phi) is 3.75.